The number of halogens is 1. The van der Waals surface area contributed by atoms with Gasteiger partial charge in [0.1, 0.15) is 23.1 Å². The van der Waals surface area contributed by atoms with E-state index in [1.165, 1.54) is 47.0 Å². The monoisotopic (exact) mass is 474 g/mol. The number of amides is 1. The van der Waals surface area contributed by atoms with E-state index in [1.54, 1.807) is 43.0 Å². The molecule has 158 valence electrons. The van der Waals surface area contributed by atoms with Gasteiger partial charge in [-0.3, -0.25) is 10.1 Å². The molecule has 0 unspecified atom stereocenters. The Morgan fingerprint density at radius 3 is 2.77 bits per heavy atom. The zero-order valence-corrected chi connectivity index (χ0v) is 18.5. The molecule has 0 saturated carbocycles. The normalized spacial score (nSPS) is 10.9. The van der Waals surface area contributed by atoms with Crippen LogP contribution in [0, 0.1) is 5.82 Å². The number of H-pyrrole nitrogens is 1. The summed E-state index contributed by atoms with van der Waals surface area (Å²) in [5, 5.41) is 14.1. The van der Waals surface area contributed by atoms with Crippen LogP contribution in [0.15, 0.2) is 67.9 Å². The maximum absolute atomic E-state index is 13.2. The fourth-order valence-electron chi connectivity index (χ4n) is 2.43. The number of aromatic amines is 1. The minimum Gasteiger partial charge on any atom is -0.377 e. The molecule has 3 aromatic heterocycles. The summed E-state index contributed by atoms with van der Waals surface area (Å²) >= 11 is 3.88. The molecule has 0 atom stereocenters. The number of hydrogen-bond acceptors (Lipinski definition) is 9. The highest BCUT2D eigenvalue weighted by Gasteiger charge is 2.18. The molecular weight excluding hydrogens is 459 g/mol. The first-order chi connectivity index (χ1) is 15.1. The van der Waals surface area contributed by atoms with Crippen LogP contribution < -0.4 is 5.32 Å². The smallest absolute Gasteiger partial charge is 0.277 e. The molecule has 3 heterocycles. The second-order valence-electron chi connectivity index (χ2n) is 5.96. The number of methoxy groups -OCH3 is 1. The lowest BCUT2D eigenvalue weighted by Crippen LogP contribution is -2.15. The van der Waals surface area contributed by atoms with Crippen molar-refractivity contribution >= 4 is 45.9 Å². The molecule has 1 aromatic carbocycles. The molecule has 31 heavy (non-hydrogen) atoms. The summed E-state index contributed by atoms with van der Waals surface area (Å²) in [6, 6.07) is 9.63. The number of rotatable bonds is 8. The van der Waals surface area contributed by atoms with Crippen LogP contribution in [-0.4, -0.2) is 38.2 Å². The molecule has 0 fully saturated rings. The quantitative estimate of drug-likeness (QED) is 0.385. The standard InChI is InChI=1S/C19H15FN6O2S3/c1-28-10-14-22-19(26-25-14)31-15-7-6-13(30-12-4-2-11(20)3-5-12)16(23-15)17(27)24-18-21-8-9-29-18/h2-9H,10H2,1H3,(H,21,24,27)(H,22,25,26). The molecule has 1 amide bonds. The number of nitrogens with zero attached hydrogens (tertiary/aromatic N) is 4. The van der Waals surface area contributed by atoms with E-state index < -0.39 is 0 Å². The summed E-state index contributed by atoms with van der Waals surface area (Å²) < 4.78 is 18.3. The Kier molecular flexibility index (Phi) is 6.92. The third-order valence-corrected chi connectivity index (χ3v) is 6.30. The number of benzene rings is 1. The van der Waals surface area contributed by atoms with Gasteiger partial charge in [0, 0.05) is 28.5 Å². The highest BCUT2D eigenvalue weighted by Crippen LogP contribution is 2.33. The number of ether oxygens (including phenoxy) is 1. The van der Waals surface area contributed by atoms with E-state index in [9.17, 15) is 9.18 Å². The molecule has 4 rings (SSSR count). The van der Waals surface area contributed by atoms with Crippen molar-refractivity contribution in [3.05, 3.63) is 65.3 Å². The maximum Gasteiger partial charge on any atom is 0.277 e. The zero-order chi connectivity index (χ0) is 21.6. The van der Waals surface area contributed by atoms with Gasteiger partial charge in [-0.1, -0.05) is 11.8 Å². The first-order valence-corrected chi connectivity index (χ1v) is 11.4. The van der Waals surface area contributed by atoms with E-state index in [0.717, 1.165) is 4.90 Å². The Morgan fingerprint density at radius 2 is 2.03 bits per heavy atom. The highest BCUT2D eigenvalue weighted by molar-refractivity contribution is 7.99. The van der Waals surface area contributed by atoms with Crippen molar-refractivity contribution in [3.8, 4) is 0 Å². The van der Waals surface area contributed by atoms with Gasteiger partial charge in [0.2, 0.25) is 0 Å². The molecule has 0 aliphatic carbocycles. The Balaban J connectivity index is 1.61. The molecule has 8 nitrogen and oxygen atoms in total. The van der Waals surface area contributed by atoms with Crippen LogP contribution in [0.2, 0.25) is 0 Å². The number of nitrogens with one attached hydrogen (secondary N) is 2. The summed E-state index contributed by atoms with van der Waals surface area (Å²) in [5.74, 6) is -0.120. The lowest BCUT2D eigenvalue weighted by molar-refractivity contribution is 0.101. The van der Waals surface area contributed by atoms with Gasteiger partial charge in [0.15, 0.2) is 16.1 Å². The molecule has 12 heteroatoms. The summed E-state index contributed by atoms with van der Waals surface area (Å²) in [5.41, 5.74) is 0.228. The number of thiazole rings is 1. The van der Waals surface area contributed by atoms with Crippen LogP contribution in [-0.2, 0) is 11.3 Å². The molecule has 0 spiro atoms. The number of pyridine rings is 1. The summed E-state index contributed by atoms with van der Waals surface area (Å²) in [6.07, 6.45) is 1.61. The largest absolute Gasteiger partial charge is 0.377 e. The van der Waals surface area contributed by atoms with E-state index in [-0.39, 0.29) is 17.4 Å². The van der Waals surface area contributed by atoms with Crippen molar-refractivity contribution in [2.24, 2.45) is 0 Å². The Hall–Kier alpha value is -2.80. The van der Waals surface area contributed by atoms with Crippen molar-refractivity contribution in [2.45, 2.75) is 26.6 Å². The molecule has 0 saturated heterocycles. The Bertz CT molecular complexity index is 1170. The van der Waals surface area contributed by atoms with Crippen molar-refractivity contribution in [2.75, 3.05) is 12.4 Å². The summed E-state index contributed by atoms with van der Waals surface area (Å²) in [4.78, 5) is 26.0. The third kappa shape index (κ3) is 5.67. The van der Waals surface area contributed by atoms with Crippen LogP contribution in [0.3, 0.4) is 0 Å². The topological polar surface area (TPSA) is 106 Å². The van der Waals surface area contributed by atoms with E-state index in [1.807, 2.05) is 0 Å². The second kappa shape index (κ2) is 10.0. The molecular formula is C19H15FN6O2S3. The van der Waals surface area contributed by atoms with Crippen LogP contribution >= 0.6 is 34.9 Å². The van der Waals surface area contributed by atoms with E-state index in [2.05, 4.69) is 30.5 Å². The first-order valence-electron chi connectivity index (χ1n) is 8.84. The predicted molar refractivity (Wildman–Crippen MR) is 116 cm³/mol. The Labute approximate surface area is 189 Å². The SMILES string of the molecule is COCc1nnc(Sc2ccc(Sc3ccc(F)cc3)c(C(=O)Nc3nccs3)n2)[nH]1. The average Bonchev–Trinajstić information content (AvgIpc) is 3.43. The van der Waals surface area contributed by atoms with Gasteiger partial charge in [0.25, 0.3) is 5.91 Å². The first kappa shape index (κ1) is 21.4. The third-order valence-electron chi connectivity index (χ3n) is 3.74. The fourth-order valence-corrected chi connectivity index (χ4v) is 4.57. The van der Waals surface area contributed by atoms with Crippen LogP contribution in [0.5, 0.6) is 0 Å². The van der Waals surface area contributed by atoms with Gasteiger partial charge in [-0.25, -0.2) is 14.4 Å². The van der Waals surface area contributed by atoms with Gasteiger partial charge in [-0.2, -0.15) is 0 Å². The average molecular weight is 475 g/mol. The predicted octanol–water partition coefficient (Wildman–Crippen LogP) is 4.50. The number of carbonyl (C=O) groups excluding carboxylic acids is 1. The molecule has 4 aromatic rings. The van der Waals surface area contributed by atoms with Crippen molar-refractivity contribution in [3.63, 3.8) is 0 Å². The van der Waals surface area contributed by atoms with E-state index in [0.29, 0.717) is 32.6 Å². The van der Waals surface area contributed by atoms with E-state index >= 15 is 0 Å². The van der Waals surface area contributed by atoms with Crippen LogP contribution in [0.4, 0.5) is 9.52 Å². The summed E-state index contributed by atoms with van der Waals surface area (Å²) in [6.45, 7) is 0.315. The van der Waals surface area contributed by atoms with Gasteiger partial charge >= 0.3 is 0 Å². The van der Waals surface area contributed by atoms with Crippen molar-refractivity contribution in [1.29, 1.82) is 0 Å². The van der Waals surface area contributed by atoms with Gasteiger partial charge in [-0.05, 0) is 48.2 Å². The highest BCUT2D eigenvalue weighted by atomic mass is 32.2. The van der Waals surface area contributed by atoms with Crippen molar-refractivity contribution < 1.29 is 13.9 Å². The second-order valence-corrected chi connectivity index (χ2v) is 8.97. The maximum atomic E-state index is 13.2. The Morgan fingerprint density at radius 1 is 1.19 bits per heavy atom. The van der Waals surface area contributed by atoms with Crippen molar-refractivity contribution in [1.82, 2.24) is 25.1 Å². The lowest BCUT2D eigenvalue weighted by atomic mass is 10.3. The minimum absolute atomic E-state index is 0.228. The molecule has 0 radical (unpaired) electrons. The number of carbonyl (C=O) groups is 1. The van der Waals surface area contributed by atoms with Gasteiger partial charge in [0.05, 0.1) is 0 Å². The molecule has 0 bridgehead atoms. The number of hydrogen-bond donors (Lipinski definition) is 2. The number of anilines is 1. The summed E-state index contributed by atoms with van der Waals surface area (Å²) in [7, 11) is 1.57. The minimum atomic E-state index is -0.389. The van der Waals surface area contributed by atoms with Gasteiger partial charge < -0.3 is 9.72 Å². The van der Waals surface area contributed by atoms with E-state index in [4.69, 9.17) is 4.74 Å². The van der Waals surface area contributed by atoms with Crippen LogP contribution in [0.25, 0.3) is 0 Å². The fraction of sp³-hybridized carbons (Fsp3) is 0.105. The number of aromatic nitrogens is 5. The van der Waals surface area contributed by atoms with Crippen LogP contribution in [0.1, 0.15) is 16.3 Å². The molecule has 0 aliphatic rings. The molecule has 2 N–H and O–H groups in total. The zero-order valence-electron chi connectivity index (χ0n) is 16.0. The van der Waals surface area contributed by atoms with Gasteiger partial charge in [-0.15, -0.1) is 21.5 Å². The molecule has 0 aliphatic heterocycles. The lowest BCUT2D eigenvalue weighted by Gasteiger charge is -2.10.